The number of ether oxygens (including phenoxy) is 1. The number of hydrogen-bond acceptors (Lipinski definition) is 5. The fourth-order valence-electron chi connectivity index (χ4n) is 2.85. The van der Waals surface area contributed by atoms with Crippen molar-refractivity contribution in [2.75, 3.05) is 7.11 Å². The van der Waals surface area contributed by atoms with Crippen LogP contribution in [0.1, 0.15) is 54.4 Å². The molecule has 0 bridgehead atoms. The van der Waals surface area contributed by atoms with Crippen LogP contribution in [-0.4, -0.2) is 30.2 Å². The van der Waals surface area contributed by atoms with Gasteiger partial charge in [0.15, 0.2) is 0 Å². The second-order valence-electron chi connectivity index (χ2n) is 5.46. The molecule has 6 nitrogen and oxygen atoms in total. The highest BCUT2D eigenvalue weighted by Gasteiger charge is 2.29. The van der Waals surface area contributed by atoms with Crippen molar-refractivity contribution in [3.05, 3.63) is 17.0 Å². The van der Waals surface area contributed by atoms with E-state index in [2.05, 4.69) is 10.5 Å². The molecule has 1 aliphatic carbocycles. The van der Waals surface area contributed by atoms with Gasteiger partial charge in [-0.2, -0.15) is 0 Å². The summed E-state index contributed by atoms with van der Waals surface area (Å²) < 4.78 is 9.85. The summed E-state index contributed by atoms with van der Waals surface area (Å²) >= 11 is 0. The number of aryl methyl sites for hydroxylation is 2. The van der Waals surface area contributed by atoms with E-state index in [0.29, 0.717) is 23.4 Å². The third-order valence-corrected chi connectivity index (χ3v) is 4.09. The average molecular weight is 294 g/mol. The Morgan fingerprint density at radius 3 is 2.57 bits per heavy atom. The molecule has 0 spiro atoms. The lowest BCUT2D eigenvalue weighted by Crippen LogP contribution is -2.39. The van der Waals surface area contributed by atoms with Crippen LogP contribution in [0.2, 0.25) is 0 Å². The van der Waals surface area contributed by atoms with Crippen molar-refractivity contribution < 1.29 is 18.8 Å². The number of rotatable bonds is 4. The first kappa shape index (κ1) is 15.5. The van der Waals surface area contributed by atoms with Crippen molar-refractivity contribution in [1.82, 2.24) is 10.5 Å². The summed E-state index contributed by atoms with van der Waals surface area (Å²) in [6.45, 7) is 3.69. The Bertz CT molecular complexity index is 516. The standard InChI is InChI=1S/C15H22N2O4/c1-4-12-13(9(2)21-17-12)14(18)16-11-7-5-10(6-8-11)15(19)20-3/h10-11H,4-8H2,1-3H3,(H,16,18). The lowest BCUT2D eigenvalue weighted by Gasteiger charge is -2.27. The van der Waals surface area contributed by atoms with E-state index in [0.717, 1.165) is 25.7 Å². The Kier molecular flexibility index (Phi) is 4.98. The van der Waals surface area contributed by atoms with Crippen molar-refractivity contribution in [3.63, 3.8) is 0 Å². The molecule has 0 atom stereocenters. The Morgan fingerprint density at radius 2 is 2.00 bits per heavy atom. The van der Waals surface area contributed by atoms with Crippen LogP contribution in [0.5, 0.6) is 0 Å². The summed E-state index contributed by atoms with van der Waals surface area (Å²) in [4.78, 5) is 23.8. The van der Waals surface area contributed by atoms with E-state index in [4.69, 9.17) is 9.26 Å². The van der Waals surface area contributed by atoms with Gasteiger partial charge in [0.05, 0.1) is 18.7 Å². The predicted octanol–water partition coefficient (Wildman–Crippen LogP) is 2.01. The summed E-state index contributed by atoms with van der Waals surface area (Å²) in [7, 11) is 1.41. The molecule has 1 aliphatic rings. The van der Waals surface area contributed by atoms with Crippen LogP contribution in [0.25, 0.3) is 0 Å². The van der Waals surface area contributed by atoms with Crippen molar-refractivity contribution in [1.29, 1.82) is 0 Å². The van der Waals surface area contributed by atoms with Gasteiger partial charge >= 0.3 is 5.97 Å². The molecule has 1 fully saturated rings. The van der Waals surface area contributed by atoms with Gasteiger partial charge in [0.2, 0.25) is 0 Å². The van der Waals surface area contributed by atoms with E-state index in [1.807, 2.05) is 6.92 Å². The zero-order valence-electron chi connectivity index (χ0n) is 12.8. The third-order valence-electron chi connectivity index (χ3n) is 4.09. The monoisotopic (exact) mass is 294 g/mol. The van der Waals surface area contributed by atoms with Crippen LogP contribution in [0, 0.1) is 12.8 Å². The topological polar surface area (TPSA) is 81.4 Å². The van der Waals surface area contributed by atoms with Gasteiger partial charge < -0.3 is 14.6 Å². The second-order valence-corrected chi connectivity index (χ2v) is 5.46. The number of nitrogens with one attached hydrogen (secondary N) is 1. The van der Waals surface area contributed by atoms with Gasteiger partial charge in [-0.25, -0.2) is 0 Å². The van der Waals surface area contributed by atoms with Gasteiger partial charge in [0.25, 0.3) is 5.91 Å². The molecule has 1 heterocycles. The smallest absolute Gasteiger partial charge is 0.308 e. The zero-order valence-corrected chi connectivity index (χ0v) is 12.8. The summed E-state index contributed by atoms with van der Waals surface area (Å²) in [6.07, 6.45) is 3.74. The number of carbonyl (C=O) groups excluding carboxylic acids is 2. The lowest BCUT2D eigenvalue weighted by atomic mass is 9.86. The molecular weight excluding hydrogens is 272 g/mol. The van der Waals surface area contributed by atoms with Crippen LogP contribution in [-0.2, 0) is 16.0 Å². The van der Waals surface area contributed by atoms with E-state index in [-0.39, 0.29) is 23.8 Å². The summed E-state index contributed by atoms with van der Waals surface area (Å²) in [6, 6.07) is 0.0948. The third kappa shape index (κ3) is 3.43. The van der Waals surface area contributed by atoms with Gasteiger partial charge in [-0.1, -0.05) is 12.1 Å². The van der Waals surface area contributed by atoms with E-state index in [9.17, 15) is 9.59 Å². The van der Waals surface area contributed by atoms with Crippen molar-refractivity contribution in [3.8, 4) is 0 Å². The van der Waals surface area contributed by atoms with Crippen molar-refractivity contribution >= 4 is 11.9 Å². The molecule has 0 aliphatic heterocycles. The van der Waals surface area contributed by atoms with E-state index < -0.39 is 0 Å². The quantitative estimate of drug-likeness (QED) is 0.859. The Balaban J connectivity index is 1.93. The van der Waals surface area contributed by atoms with Crippen molar-refractivity contribution in [2.45, 2.75) is 52.0 Å². The molecule has 6 heteroatoms. The minimum absolute atomic E-state index is 0.0355. The minimum Gasteiger partial charge on any atom is -0.469 e. The lowest BCUT2D eigenvalue weighted by molar-refractivity contribution is -0.146. The first-order chi connectivity index (χ1) is 10.1. The number of esters is 1. The van der Waals surface area contributed by atoms with Gasteiger partial charge in [0, 0.05) is 6.04 Å². The fraction of sp³-hybridized carbons (Fsp3) is 0.667. The first-order valence-electron chi connectivity index (χ1n) is 7.40. The number of amides is 1. The number of carbonyl (C=O) groups is 2. The number of nitrogens with zero attached hydrogens (tertiary/aromatic N) is 1. The Morgan fingerprint density at radius 1 is 1.33 bits per heavy atom. The Labute approximate surface area is 124 Å². The molecule has 21 heavy (non-hydrogen) atoms. The molecule has 0 aromatic carbocycles. The molecule has 116 valence electrons. The number of aromatic nitrogens is 1. The zero-order chi connectivity index (χ0) is 15.4. The molecule has 1 saturated carbocycles. The van der Waals surface area contributed by atoms with Crippen LogP contribution < -0.4 is 5.32 Å². The minimum atomic E-state index is -0.150. The fourth-order valence-corrected chi connectivity index (χ4v) is 2.85. The molecule has 1 aromatic heterocycles. The summed E-state index contributed by atoms with van der Waals surface area (Å²) in [5.41, 5.74) is 1.24. The predicted molar refractivity (Wildman–Crippen MR) is 75.8 cm³/mol. The maximum atomic E-state index is 12.3. The van der Waals surface area contributed by atoms with Gasteiger partial charge in [-0.3, -0.25) is 9.59 Å². The highest BCUT2D eigenvalue weighted by molar-refractivity contribution is 5.96. The maximum absolute atomic E-state index is 12.3. The van der Waals surface area contributed by atoms with Gasteiger partial charge in [-0.05, 0) is 39.0 Å². The van der Waals surface area contributed by atoms with Crippen LogP contribution >= 0.6 is 0 Å². The molecular formula is C15H22N2O4. The largest absolute Gasteiger partial charge is 0.469 e. The van der Waals surface area contributed by atoms with E-state index in [1.54, 1.807) is 6.92 Å². The molecule has 0 radical (unpaired) electrons. The van der Waals surface area contributed by atoms with E-state index in [1.165, 1.54) is 7.11 Å². The van der Waals surface area contributed by atoms with Crippen LogP contribution in [0.3, 0.4) is 0 Å². The number of hydrogen-bond donors (Lipinski definition) is 1. The van der Waals surface area contributed by atoms with Gasteiger partial charge in [-0.15, -0.1) is 0 Å². The molecule has 1 amide bonds. The van der Waals surface area contributed by atoms with Crippen LogP contribution in [0.4, 0.5) is 0 Å². The number of methoxy groups -OCH3 is 1. The van der Waals surface area contributed by atoms with Crippen LogP contribution in [0.15, 0.2) is 4.52 Å². The highest BCUT2D eigenvalue weighted by atomic mass is 16.5. The van der Waals surface area contributed by atoms with Gasteiger partial charge in [0.1, 0.15) is 11.3 Å². The highest BCUT2D eigenvalue weighted by Crippen LogP contribution is 2.26. The Hall–Kier alpha value is -1.85. The molecule has 1 aromatic rings. The molecule has 1 N–H and O–H groups in total. The molecule has 0 unspecified atom stereocenters. The SMILES string of the molecule is CCc1noc(C)c1C(=O)NC1CCC(C(=O)OC)CC1. The molecule has 2 rings (SSSR count). The van der Waals surface area contributed by atoms with Crippen molar-refractivity contribution in [2.24, 2.45) is 5.92 Å². The first-order valence-corrected chi connectivity index (χ1v) is 7.40. The summed E-state index contributed by atoms with van der Waals surface area (Å²) in [5, 5.41) is 6.92. The molecule has 0 saturated heterocycles. The van der Waals surface area contributed by atoms with E-state index >= 15 is 0 Å². The maximum Gasteiger partial charge on any atom is 0.308 e. The second kappa shape index (κ2) is 6.74. The average Bonchev–Trinajstić information content (AvgIpc) is 2.88. The normalized spacial score (nSPS) is 21.9. The summed E-state index contributed by atoms with van der Waals surface area (Å²) in [5.74, 6) is 0.231.